The predicted molar refractivity (Wildman–Crippen MR) is 467 cm³/mol. The molecule has 0 aromatic heterocycles. The van der Waals surface area contributed by atoms with Crippen LogP contribution in [-0.2, 0) is 107 Å². The monoisotopic (exact) mass is 1850 g/mol. The summed E-state index contributed by atoms with van der Waals surface area (Å²) in [5.41, 5.74) is 11.5. The molecule has 0 saturated heterocycles. The van der Waals surface area contributed by atoms with E-state index in [9.17, 15) is 126 Å². The normalized spacial score (nSPS) is 15.5. The third kappa shape index (κ3) is 42.9. The Hall–Kier alpha value is -12.1. The number of carboxylic acids is 1. The van der Waals surface area contributed by atoms with Crippen molar-refractivity contribution in [2.24, 2.45) is 52.9 Å². The van der Waals surface area contributed by atoms with E-state index in [1.165, 1.54) is 48.5 Å². The van der Waals surface area contributed by atoms with Crippen LogP contribution in [0.1, 0.15) is 169 Å². The van der Waals surface area contributed by atoms with Crippen LogP contribution in [0.15, 0.2) is 30.3 Å². The molecule has 0 aliphatic heterocycles. The summed E-state index contributed by atoms with van der Waals surface area (Å²) in [7, 11) is 0. The Kier molecular flexibility index (Phi) is 51.5. The van der Waals surface area contributed by atoms with E-state index in [1.54, 1.807) is 85.7 Å². The number of carbonyl (C=O) groups is 21. The van der Waals surface area contributed by atoms with Crippen molar-refractivity contribution in [2.45, 2.75) is 279 Å². The molecule has 0 fully saturated rings. The highest BCUT2D eigenvalue weighted by Gasteiger charge is 2.40. The first-order chi connectivity index (χ1) is 60.5. The highest BCUT2D eigenvalue weighted by Crippen LogP contribution is 2.16. The number of rotatable bonds is 58. The Labute approximate surface area is 755 Å². The van der Waals surface area contributed by atoms with E-state index in [0.29, 0.717) is 5.56 Å². The molecule has 0 unspecified atom stereocenters. The van der Waals surface area contributed by atoms with E-state index in [2.05, 4.69) is 101 Å². The van der Waals surface area contributed by atoms with Crippen molar-refractivity contribution in [3.8, 4) is 0 Å². The Morgan fingerprint density at radius 3 is 0.954 bits per heavy atom. The molecule has 0 aliphatic carbocycles. The van der Waals surface area contributed by atoms with Gasteiger partial charge in [0.25, 0.3) is 0 Å². The average Bonchev–Trinajstić information content (AvgIpc) is 0.848. The van der Waals surface area contributed by atoms with Gasteiger partial charge in [0.1, 0.15) is 96.7 Å². The fourth-order valence-electron chi connectivity index (χ4n) is 12.4. The Morgan fingerprint density at radius 1 is 0.292 bits per heavy atom. The number of carbonyl (C=O) groups excluding carboxylic acids is 20. The number of primary amides is 1. The maximum atomic E-state index is 13.9. The summed E-state index contributed by atoms with van der Waals surface area (Å²) in [5.74, 6) is -23.9. The molecular weight excluding hydrogens is 1710 g/mol. The summed E-state index contributed by atoms with van der Waals surface area (Å²) in [4.78, 5) is 280. The molecule has 18 atom stereocenters. The van der Waals surface area contributed by atoms with Crippen LogP contribution in [0, 0.1) is 41.4 Å². The quantitative estimate of drug-likeness (QED) is 0.0288. The van der Waals surface area contributed by atoms with E-state index in [4.69, 9.17) is 11.5 Å². The number of benzene rings is 1. The van der Waals surface area contributed by atoms with Crippen LogP contribution in [-0.4, -0.2) is 298 Å². The molecule has 47 heteroatoms. The number of nitrogens with one attached hydrogen (secondary N) is 19. The van der Waals surface area contributed by atoms with Gasteiger partial charge in [0.2, 0.25) is 118 Å². The first-order valence-corrected chi connectivity index (χ1v) is 43.0. The number of amides is 20. The lowest BCUT2D eigenvalue weighted by molar-refractivity contribution is -0.142. The topological polar surface area (TPSA) is 740 Å². The molecule has 0 radical (unpaired) electrons. The van der Waals surface area contributed by atoms with Gasteiger partial charge < -0.3 is 138 Å². The zero-order chi connectivity index (χ0) is 99.6. The maximum absolute atomic E-state index is 13.9. The molecule has 28 N–H and O–H groups in total. The molecule has 0 saturated carbocycles. The molecular formula is C83H139N21O26. The van der Waals surface area contributed by atoms with Crippen molar-refractivity contribution in [3.05, 3.63) is 35.9 Å². The first kappa shape index (κ1) is 116. The minimum atomic E-state index is -1.84. The number of hydrogen-bond acceptors (Lipinski definition) is 26. The van der Waals surface area contributed by atoms with E-state index >= 15 is 0 Å². The van der Waals surface area contributed by atoms with Crippen molar-refractivity contribution in [2.75, 3.05) is 39.4 Å². The van der Waals surface area contributed by atoms with Crippen molar-refractivity contribution < 1.29 is 126 Å². The second-order valence-electron chi connectivity index (χ2n) is 34.5. The van der Waals surface area contributed by atoms with Crippen molar-refractivity contribution in [1.29, 1.82) is 0 Å². The number of aliphatic hydroxyl groups excluding tert-OH is 4. The van der Waals surface area contributed by atoms with Gasteiger partial charge in [-0.25, -0.2) is 4.79 Å². The number of nitrogens with two attached hydrogens (primary N) is 2. The van der Waals surface area contributed by atoms with Gasteiger partial charge in [0.05, 0.1) is 58.0 Å². The third-order valence-electron chi connectivity index (χ3n) is 19.6. The molecule has 0 bridgehead atoms. The van der Waals surface area contributed by atoms with Gasteiger partial charge in [-0.05, 0) is 107 Å². The second-order valence-corrected chi connectivity index (χ2v) is 34.5. The van der Waals surface area contributed by atoms with E-state index < -0.39 is 290 Å². The summed E-state index contributed by atoms with van der Waals surface area (Å²) >= 11 is 0. The zero-order valence-electron chi connectivity index (χ0n) is 77.3. The van der Waals surface area contributed by atoms with E-state index in [0.717, 1.165) is 13.8 Å². The van der Waals surface area contributed by atoms with E-state index in [1.807, 2.05) is 13.8 Å². The number of aliphatic carboxylic acids is 1. The minimum Gasteiger partial charge on any atom is -0.480 e. The maximum Gasteiger partial charge on any atom is 0.326 e. The van der Waals surface area contributed by atoms with Crippen molar-refractivity contribution >= 4 is 124 Å². The standard InChI is InChI=1S/C83H139N21O26/c1-37(2)25-50(92-59(110)31-84)73(119)89-44(15)68(114)95-53(28-40(7)8)76(122)102-64(42(11)12)79(125)97-54(30-58(85)109)71(117)86-34-62(113)100-66(47(18)107)81(127)91-46(17)70(116)101-63(41(9)10)78(124)88-33-61(112)94-56(35-105)72(118)87-32-60(111)93-51(26-38(3)4)74(120)90-45(16)69(115)99-57(36-106)77(123)104-67(48(19)108)82(128)103-65(43(13)14)80(126)96-52(27-39(5)6)75(121)98-55(83(129)130)29-49-23-21-20-22-24-49/h20-24,37-48,50-57,63-67,105-108H,25-36,84H2,1-19H3,(H2,85,109)(H,86,117)(H,87,118)(H,88,124)(H,89,119)(H,90,120)(H,91,127)(H,92,110)(H,93,111)(H,94,112)(H,95,114)(H,96,126)(H,97,125)(H,98,121)(H,99,115)(H,100,113)(H,101,116)(H,102,122)(H,103,128)(H,104,123)(H,129,130)/t44-,45-,46-,47+,48+,50-,51-,52-,53-,54-,55-,56-,57-,63-,64-,65-,66-,67-/m0/s1. The third-order valence-corrected chi connectivity index (χ3v) is 19.6. The molecule has 47 nitrogen and oxygen atoms in total. The fraction of sp³-hybridized carbons (Fsp3) is 0.675. The predicted octanol–water partition coefficient (Wildman–Crippen LogP) is -8.79. The van der Waals surface area contributed by atoms with Gasteiger partial charge in [0.15, 0.2) is 0 Å². The lowest BCUT2D eigenvalue weighted by Gasteiger charge is -2.29. The summed E-state index contributed by atoms with van der Waals surface area (Å²) in [6.45, 7) is 23.8. The van der Waals surface area contributed by atoms with E-state index in [-0.39, 0.29) is 62.3 Å². The zero-order valence-corrected chi connectivity index (χ0v) is 77.3. The largest absolute Gasteiger partial charge is 0.480 e. The lowest BCUT2D eigenvalue weighted by atomic mass is 9.98. The van der Waals surface area contributed by atoms with Crippen molar-refractivity contribution in [1.82, 2.24) is 101 Å². The molecule has 20 amide bonds. The molecule has 130 heavy (non-hydrogen) atoms. The molecule has 0 aliphatic rings. The van der Waals surface area contributed by atoms with Crippen LogP contribution in [0.4, 0.5) is 0 Å². The Balaban J connectivity index is 3.01. The van der Waals surface area contributed by atoms with Crippen LogP contribution in [0.5, 0.6) is 0 Å². The van der Waals surface area contributed by atoms with Crippen LogP contribution in [0.25, 0.3) is 0 Å². The van der Waals surface area contributed by atoms with Gasteiger partial charge in [0, 0.05) is 6.42 Å². The van der Waals surface area contributed by atoms with Crippen LogP contribution < -0.4 is 112 Å². The molecule has 732 valence electrons. The summed E-state index contributed by atoms with van der Waals surface area (Å²) in [5, 5.41) is 96.6. The Morgan fingerprint density at radius 2 is 0.562 bits per heavy atom. The van der Waals surface area contributed by atoms with Crippen LogP contribution in [0.2, 0.25) is 0 Å². The average molecular weight is 1850 g/mol. The molecule has 0 heterocycles. The highest BCUT2D eigenvalue weighted by atomic mass is 16.4. The van der Waals surface area contributed by atoms with Crippen molar-refractivity contribution in [3.63, 3.8) is 0 Å². The molecule has 1 aromatic rings. The SMILES string of the molecule is CC(C)C[C@H](NC(=O)CN)C(=O)N[C@@H](C)C(=O)N[C@@H](CC(C)C)C(=O)N[C@H](C(=O)N[C@@H](CC(N)=O)C(=O)NCC(=O)N[C@H](C(=O)N[C@@H](C)C(=O)N[C@H](C(=O)NCC(=O)N[C@@H](CO)C(=O)NCC(=O)N[C@@H](CC(C)C)C(=O)N[C@@H](C)C(=O)N[C@@H](CO)C(=O)N[C@H](C(=O)N[C@H](C(=O)N[C@@H](CC(C)C)C(=O)N[C@@H](Cc1ccccc1)C(=O)O)C(C)C)[C@@H](C)O)C(C)C)[C@@H](C)O)C(C)C. The van der Waals surface area contributed by atoms with Gasteiger partial charge >= 0.3 is 5.97 Å². The number of carboxylic acid groups (broad SMARTS) is 1. The van der Waals surface area contributed by atoms with Crippen LogP contribution >= 0.6 is 0 Å². The fourth-order valence-corrected chi connectivity index (χ4v) is 12.4. The lowest BCUT2D eigenvalue weighted by Crippen LogP contribution is -2.62. The smallest absolute Gasteiger partial charge is 0.326 e. The highest BCUT2D eigenvalue weighted by molar-refractivity contribution is 6.02. The van der Waals surface area contributed by atoms with Gasteiger partial charge in [-0.3, -0.25) is 95.9 Å². The molecule has 0 spiro atoms. The van der Waals surface area contributed by atoms with Gasteiger partial charge in [-0.15, -0.1) is 0 Å². The van der Waals surface area contributed by atoms with Gasteiger partial charge in [-0.2, -0.15) is 0 Å². The summed E-state index contributed by atoms with van der Waals surface area (Å²) in [6.07, 6.45) is -4.03. The van der Waals surface area contributed by atoms with Crippen LogP contribution in [0.3, 0.4) is 0 Å². The molecule has 1 rings (SSSR count). The minimum absolute atomic E-state index is 0.0367. The molecule has 1 aromatic carbocycles. The number of hydrogen-bond donors (Lipinski definition) is 26. The second kappa shape index (κ2) is 57.7. The Bertz CT molecular complexity index is 4040. The summed E-state index contributed by atoms with van der Waals surface area (Å²) in [6, 6.07) is -15.4. The first-order valence-electron chi connectivity index (χ1n) is 43.0. The number of aliphatic hydroxyl groups is 4. The van der Waals surface area contributed by atoms with Gasteiger partial charge in [-0.1, -0.05) is 127 Å². The summed E-state index contributed by atoms with van der Waals surface area (Å²) < 4.78 is 0.